The fourth-order valence-electron chi connectivity index (χ4n) is 3.82. The molecule has 2 saturated heterocycles. The summed E-state index contributed by atoms with van der Waals surface area (Å²) in [6.07, 6.45) is 7.75. The first-order valence-corrected chi connectivity index (χ1v) is 11.1. The third-order valence-corrected chi connectivity index (χ3v) is 5.57. The number of guanidine groups is 1. The molecule has 0 aromatic heterocycles. The summed E-state index contributed by atoms with van der Waals surface area (Å²) in [6, 6.07) is 0. The highest BCUT2D eigenvalue weighted by Crippen LogP contribution is 2.11. The molecule has 29 heavy (non-hydrogen) atoms. The molecule has 0 aliphatic carbocycles. The fraction of sp³-hybridized carbons (Fsp3) is 0.857. The van der Waals surface area contributed by atoms with E-state index in [9.17, 15) is 9.59 Å². The average molecular weight is 521 g/mol. The first kappa shape index (κ1) is 26.0. The number of piperazine rings is 1. The second-order valence-electron chi connectivity index (χ2n) is 8.46. The van der Waals surface area contributed by atoms with Crippen molar-refractivity contribution in [3.63, 3.8) is 0 Å². The monoisotopic (exact) mass is 521 g/mol. The average Bonchev–Trinajstić information content (AvgIpc) is 2.70. The maximum atomic E-state index is 12.4. The Labute approximate surface area is 193 Å². The van der Waals surface area contributed by atoms with Gasteiger partial charge in [0.15, 0.2) is 5.96 Å². The van der Waals surface area contributed by atoms with Gasteiger partial charge in [-0.1, -0.05) is 20.3 Å². The molecule has 0 unspecified atom stereocenters. The topological polar surface area (TPSA) is 82.2 Å². The van der Waals surface area contributed by atoms with Crippen molar-refractivity contribution < 1.29 is 9.59 Å². The summed E-state index contributed by atoms with van der Waals surface area (Å²) in [6.45, 7) is 9.59. The van der Waals surface area contributed by atoms with Gasteiger partial charge in [0.05, 0.1) is 0 Å². The Hall–Kier alpha value is -1.06. The summed E-state index contributed by atoms with van der Waals surface area (Å²) in [4.78, 5) is 34.9. The van der Waals surface area contributed by atoms with Crippen LogP contribution >= 0.6 is 24.0 Å². The lowest BCUT2D eigenvalue weighted by Crippen LogP contribution is -2.50. The van der Waals surface area contributed by atoms with E-state index < -0.39 is 0 Å². The first-order valence-electron chi connectivity index (χ1n) is 11.1. The Kier molecular flexibility index (Phi) is 12.6. The summed E-state index contributed by atoms with van der Waals surface area (Å²) in [5.41, 5.74) is 6.06. The van der Waals surface area contributed by atoms with Crippen molar-refractivity contribution in [2.24, 2.45) is 16.6 Å². The van der Waals surface area contributed by atoms with Gasteiger partial charge < -0.3 is 20.4 Å². The van der Waals surface area contributed by atoms with Crippen LogP contribution in [0.2, 0.25) is 0 Å². The van der Waals surface area contributed by atoms with Gasteiger partial charge in [-0.2, -0.15) is 0 Å². The van der Waals surface area contributed by atoms with E-state index in [2.05, 4.69) is 23.7 Å². The molecular weight excluding hydrogens is 481 g/mol. The van der Waals surface area contributed by atoms with Crippen LogP contribution in [0.15, 0.2) is 4.99 Å². The van der Waals surface area contributed by atoms with Gasteiger partial charge in [-0.05, 0) is 38.0 Å². The van der Waals surface area contributed by atoms with E-state index in [1.54, 1.807) is 0 Å². The van der Waals surface area contributed by atoms with E-state index in [-0.39, 0.29) is 35.8 Å². The van der Waals surface area contributed by atoms with Crippen molar-refractivity contribution in [2.45, 2.75) is 65.2 Å². The van der Waals surface area contributed by atoms with Crippen LogP contribution < -0.4 is 5.73 Å². The summed E-state index contributed by atoms with van der Waals surface area (Å²) in [7, 11) is 0. The zero-order valence-corrected chi connectivity index (χ0v) is 20.6. The number of carbonyl (C=O) groups is 2. The second kappa shape index (κ2) is 14.0. The Balaban J connectivity index is 0.00000420. The normalized spacial score (nSPS) is 18.0. The van der Waals surface area contributed by atoms with Crippen LogP contribution in [0.4, 0.5) is 0 Å². The predicted molar refractivity (Wildman–Crippen MR) is 128 cm³/mol. The number of halogens is 1. The molecule has 0 aromatic rings. The number of unbranched alkanes of at least 4 members (excludes halogenated alkanes) is 2. The minimum absolute atomic E-state index is 0. The van der Waals surface area contributed by atoms with Crippen LogP contribution in [0, 0.1) is 5.92 Å². The molecule has 8 heteroatoms. The van der Waals surface area contributed by atoms with Gasteiger partial charge in [-0.15, -0.1) is 24.0 Å². The molecule has 2 aliphatic heterocycles. The standard InChI is InChI=1S/C21H39N5O2.HI/c1-18(2)17-20(28)25-15-13-24(14-16-25)19(27)9-5-3-6-10-23-21(22)26-11-7-4-8-12-26;/h18H,3-17H2,1-2H3,(H2,22,23);1H. The number of hydrogen-bond acceptors (Lipinski definition) is 3. The Morgan fingerprint density at radius 1 is 0.828 bits per heavy atom. The number of amides is 2. The molecule has 2 heterocycles. The Morgan fingerprint density at radius 3 is 2.00 bits per heavy atom. The Morgan fingerprint density at radius 2 is 1.41 bits per heavy atom. The molecule has 7 nitrogen and oxygen atoms in total. The highest BCUT2D eigenvalue weighted by molar-refractivity contribution is 14.0. The van der Waals surface area contributed by atoms with Gasteiger partial charge in [0, 0.05) is 58.7 Å². The summed E-state index contributed by atoms with van der Waals surface area (Å²) in [5, 5.41) is 0. The molecule has 168 valence electrons. The maximum absolute atomic E-state index is 12.4. The van der Waals surface area contributed by atoms with Gasteiger partial charge in [-0.3, -0.25) is 14.6 Å². The summed E-state index contributed by atoms with van der Waals surface area (Å²) in [5.74, 6) is 1.49. The predicted octanol–water partition coefficient (Wildman–Crippen LogP) is 2.68. The number of nitrogens with zero attached hydrogens (tertiary/aromatic N) is 4. The molecule has 2 rings (SSSR count). The summed E-state index contributed by atoms with van der Waals surface area (Å²) >= 11 is 0. The third-order valence-electron chi connectivity index (χ3n) is 5.57. The van der Waals surface area contributed by atoms with Gasteiger partial charge >= 0.3 is 0 Å². The molecule has 0 radical (unpaired) electrons. The molecular formula is C21H40IN5O2. The van der Waals surface area contributed by atoms with Crippen molar-refractivity contribution in [1.82, 2.24) is 14.7 Å². The van der Waals surface area contributed by atoms with Gasteiger partial charge in [0.1, 0.15) is 0 Å². The lowest BCUT2D eigenvalue weighted by Gasteiger charge is -2.35. The number of rotatable bonds is 8. The molecule has 0 saturated carbocycles. The quantitative estimate of drug-likeness (QED) is 0.231. The van der Waals surface area contributed by atoms with E-state index in [0.717, 1.165) is 38.9 Å². The lowest BCUT2D eigenvalue weighted by molar-refractivity contribution is -0.140. The van der Waals surface area contributed by atoms with Crippen molar-refractivity contribution >= 4 is 41.8 Å². The van der Waals surface area contributed by atoms with Crippen LogP contribution in [-0.4, -0.2) is 78.3 Å². The van der Waals surface area contributed by atoms with Crippen molar-refractivity contribution in [1.29, 1.82) is 0 Å². The van der Waals surface area contributed by atoms with Crippen LogP contribution in [0.1, 0.15) is 65.2 Å². The molecule has 2 aliphatic rings. The summed E-state index contributed by atoms with van der Waals surface area (Å²) < 4.78 is 0. The molecule has 2 fully saturated rings. The highest BCUT2D eigenvalue weighted by atomic mass is 127. The van der Waals surface area contributed by atoms with Gasteiger partial charge in [0.2, 0.25) is 11.8 Å². The minimum atomic E-state index is 0. The molecule has 2 amide bonds. The van der Waals surface area contributed by atoms with Crippen LogP contribution in [0.3, 0.4) is 0 Å². The number of carbonyl (C=O) groups excluding carboxylic acids is 2. The van der Waals surface area contributed by atoms with E-state index in [0.29, 0.717) is 50.9 Å². The third kappa shape index (κ3) is 9.53. The Bertz CT molecular complexity index is 527. The number of hydrogen-bond donors (Lipinski definition) is 1. The number of likely N-dealkylation sites (tertiary alicyclic amines) is 1. The van der Waals surface area contributed by atoms with Crippen molar-refractivity contribution in [3.05, 3.63) is 0 Å². The highest BCUT2D eigenvalue weighted by Gasteiger charge is 2.23. The van der Waals surface area contributed by atoms with E-state index >= 15 is 0 Å². The zero-order valence-electron chi connectivity index (χ0n) is 18.3. The van der Waals surface area contributed by atoms with Crippen LogP contribution in [0.25, 0.3) is 0 Å². The molecule has 0 aromatic carbocycles. The first-order chi connectivity index (χ1) is 13.5. The second-order valence-corrected chi connectivity index (χ2v) is 8.46. The van der Waals surface area contributed by atoms with Crippen molar-refractivity contribution in [3.8, 4) is 0 Å². The fourth-order valence-corrected chi connectivity index (χ4v) is 3.82. The lowest BCUT2D eigenvalue weighted by atomic mass is 10.1. The molecule has 0 atom stereocenters. The molecule has 0 bridgehead atoms. The van der Waals surface area contributed by atoms with Crippen LogP contribution in [0.5, 0.6) is 0 Å². The van der Waals surface area contributed by atoms with Gasteiger partial charge in [0.25, 0.3) is 0 Å². The molecule has 2 N–H and O–H groups in total. The van der Waals surface area contributed by atoms with Crippen LogP contribution in [-0.2, 0) is 9.59 Å². The van der Waals surface area contributed by atoms with E-state index in [4.69, 9.17) is 5.73 Å². The molecule has 0 spiro atoms. The number of aliphatic imine (C=N–C) groups is 1. The maximum Gasteiger partial charge on any atom is 0.222 e. The largest absolute Gasteiger partial charge is 0.370 e. The number of nitrogens with two attached hydrogens (primary N) is 1. The van der Waals surface area contributed by atoms with E-state index in [1.807, 2.05) is 9.80 Å². The number of piperidine rings is 1. The smallest absolute Gasteiger partial charge is 0.222 e. The SMILES string of the molecule is CC(C)CC(=O)N1CCN(C(=O)CCCCCN=C(N)N2CCCCC2)CC1.I. The minimum Gasteiger partial charge on any atom is -0.370 e. The van der Waals surface area contributed by atoms with Gasteiger partial charge in [-0.25, -0.2) is 0 Å². The zero-order chi connectivity index (χ0) is 20.4. The van der Waals surface area contributed by atoms with Crippen molar-refractivity contribution in [2.75, 3.05) is 45.8 Å². The van der Waals surface area contributed by atoms with E-state index in [1.165, 1.54) is 19.3 Å².